The van der Waals surface area contributed by atoms with Crippen LogP contribution >= 0.6 is 0 Å². The molecule has 5 heteroatoms. The van der Waals surface area contributed by atoms with Crippen molar-refractivity contribution in [3.63, 3.8) is 0 Å². The molecule has 0 radical (unpaired) electrons. The van der Waals surface area contributed by atoms with Crippen LogP contribution in [0.1, 0.15) is 50.0 Å². The third-order valence-corrected chi connectivity index (χ3v) is 3.81. The maximum atomic E-state index is 12.4. The molecule has 2 N–H and O–H groups in total. The molecule has 0 amide bonds. The SMILES string of the molecule is CC(CC(=O)c1ccccc1C(=O)O)Cc1ccccc1C(=O)O. The van der Waals surface area contributed by atoms with Crippen molar-refractivity contribution in [3.05, 3.63) is 70.8 Å². The van der Waals surface area contributed by atoms with Gasteiger partial charge in [0.2, 0.25) is 0 Å². The normalized spacial score (nSPS) is 11.7. The van der Waals surface area contributed by atoms with E-state index in [4.69, 9.17) is 5.11 Å². The van der Waals surface area contributed by atoms with Gasteiger partial charge in [0, 0.05) is 12.0 Å². The van der Waals surface area contributed by atoms with Crippen LogP contribution in [-0.4, -0.2) is 27.9 Å². The molecule has 0 heterocycles. The molecule has 1 atom stereocenters. The van der Waals surface area contributed by atoms with Crippen LogP contribution in [0, 0.1) is 5.92 Å². The van der Waals surface area contributed by atoms with Crippen molar-refractivity contribution >= 4 is 17.7 Å². The van der Waals surface area contributed by atoms with E-state index in [0.717, 1.165) is 0 Å². The van der Waals surface area contributed by atoms with Crippen molar-refractivity contribution < 1.29 is 24.6 Å². The van der Waals surface area contributed by atoms with Crippen molar-refractivity contribution in [2.75, 3.05) is 0 Å². The van der Waals surface area contributed by atoms with E-state index in [1.54, 1.807) is 30.3 Å². The Bertz CT molecular complexity index is 779. The Balaban J connectivity index is 2.13. The molecule has 2 rings (SSSR count). The lowest BCUT2D eigenvalue weighted by Crippen LogP contribution is -2.14. The molecular formula is C19H18O5. The Hall–Kier alpha value is -2.95. The van der Waals surface area contributed by atoms with Crippen LogP contribution in [0.4, 0.5) is 0 Å². The smallest absolute Gasteiger partial charge is 0.336 e. The number of aromatic carboxylic acids is 2. The van der Waals surface area contributed by atoms with E-state index in [-0.39, 0.29) is 34.8 Å². The van der Waals surface area contributed by atoms with Crippen LogP contribution in [0.3, 0.4) is 0 Å². The van der Waals surface area contributed by atoms with E-state index < -0.39 is 11.9 Å². The van der Waals surface area contributed by atoms with Crippen LogP contribution in [-0.2, 0) is 6.42 Å². The molecule has 0 saturated heterocycles. The summed E-state index contributed by atoms with van der Waals surface area (Å²) in [4.78, 5) is 34.8. The lowest BCUT2D eigenvalue weighted by molar-refractivity contribution is 0.0682. The third kappa shape index (κ3) is 4.07. The number of carbonyl (C=O) groups is 3. The lowest BCUT2D eigenvalue weighted by Gasteiger charge is -2.13. The molecule has 0 aromatic heterocycles. The van der Waals surface area contributed by atoms with Gasteiger partial charge >= 0.3 is 11.9 Å². The van der Waals surface area contributed by atoms with E-state index in [1.807, 2.05) is 6.92 Å². The molecule has 0 spiro atoms. The molecule has 2 aromatic rings. The molecule has 24 heavy (non-hydrogen) atoms. The van der Waals surface area contributed by atoms with Gasteiger partial charge in [-0.25, -0.2) is 9.59 Å². The minimum absolute atomic E-state index is 0.0133. The lowest BCUT2D eigenvalue weighted by atomic mass is 9.90. The van der Waals surface area contributed by atoms with Gasteiger partial charge in [-0.05, 0) is 30.0 Å². The summed E-state index contributed by atoms with van der Waals surface area (Å²) in [6.45, 7) is 1.85. The molecule has 2 aromatic carbocycles. The maximum absolute atomic E-state index is 12.4. The van der Waals surface area contributed by atoms with E-state index in [1.165, 1.54) is 18.2 Å². The highest BCUT2D eigenvalue weighted by atomic mass is 16.4. The van der Waals surface area contributed by atoms with E-state index >= 15 is 0 Å². The van der Waals surface area contributed by atoms with E-state index in [0.29, 0.717) is 12.0 Å². The van der Waals surface area contributed by atoms with Crippen molar-refractivity contribution in [3.8, 4) is 0 Å². The van der Waals surface area contributed by atoms with Gasteiger partial charge in [0.05, 0.1) is 11.1 Å². The minimum Gasteiger partial charge on any atom is -0.478 e. The predicted molar refractivity (Wildman–Crippen MR) is 88.6 cm³/mol. The molecule has 5 nitrogen and oxygen atoms in total. The Morgan fingerprint density at radius 1 is 0.833 bits per heavy atom. The molecule has 0 fully saturated rings. The standard InChI is InChI=1S/C19H18O5/c1-12(10-13-6-2-3-7-14(13)18(21)22)11-17(20)15-8-4-5-9-16(15)19(23)24/h2-9,12H,10-11H2,1H3,(H,21,22)(H,23,24). The second kappa shape index (κ2) is 7.55. The number of carboxylic acids is 2. The number of benzene rings is 2. The Morgan fingerprint density at radius 3 is 1.92 bits per heavy atom. The summed E-state index contributed by atoms with van der Waals surface area (Å²) in [6, 6.07) is 12.8. The number of rotatable bonds is 7. The van der Waals surface area contributed by atoms with Gasteiger partial charge in [0.1, 0.15) is 0 Å². The average molecular weight is 326 g/mol. The average Bonchev–Trinajstić information content (AvgIpc) is 2.54. The van der Waals surface area contributed by atoms with Crippen LogP contribution in [0.2, 0.25) is 0 Å². The van der Waals surface area contributed by atoms with Crippen molar-refractivity contribution in [1.29, 1.82) is 0 Å². The number of carbonyl (C=O) groups excluding carboxylic acids is 1. The van der Waals surface area contributed by atoms with Crippen LogP contribution < -0.4 is 0 Å². The summed E-state index contributed by atoms with van der Waals surface area (Å²) in [5, 5.41) is 18.4. The first kappa shape index (κ1) is 17.4. The first-order chi connectivity index (χ1) is 11.4. The van der Waals surface area contributed by atoms with Gasteiger partial charge in [-0.3, -0.25) is 4.79 Å². The zero-order chi connectivity index (χ0) is 17.7. The molecule has 0 bridgehead atoms. The third-order valence-electron chi connectivity index (χ3n) is 3.81. The zero-order valence-corrected chi connectivity index (χ0v) is 13.2. The second-order valence-corrected chi connectivity index (χ2v) is 5.75. The summed E-state index contributed by atoms with van der Waals surface area (Å²) >= 11 is 0. The van der Waals surface area contributed by atoms with Crippen LogP contribution in [0.25, 0.3) is 0 Å². The molecule has 0 aliphatic rings. The van der Waals surface area contributed by atoms with Crippen LogP contribution in [0.5, 0.6) is 0 Å². The van der Waals surface area contributed by atoms with Crippen molar-refractivity contribution in [1.82, 2.24) is 0 Å². The number of ketones is 1. The summed E-state index contributed by atoms with van der Waals surface area (Å²) < 4.78 is 0. The second-order valence-electron chi connectivity index (χ2n) is 5.75. The van der Waals surface area contributed by atoms with Gasteiger partial charge in [0.25, 0.3) is 0 Å². The number of Topliss-reactive ketones (excluding diaryl/α,β-unsaturated/α-hetero) is 1. The fraction of sp³-hybridized carbons (Fsp3) is 0.211. The first-order valence-electron chi connectivity index (χ1n) is 7.57. The van der Waals surface area contributed by atoms with Gasteiger partial charge in [-0.15, -0.1) is 0 Å². The Labute approximate surface area is 139 Å². The highest BCUT2D eigenvalue weighted by Crippen LogP contribution is 2.20. The summed E-state index contributed by atoms with van der Waals surface area (Å²) in [6.07, 6.45) is 0.585. The van der Waals surface area contributed by atoms with Gasteiger partial charge in [-0.2, -0.15) is 0 Å². The van der Waals surface area contributed by atoms with Crippen molar-refractivity contribution in [2.24, 2.45) is 5.92 Å². The number of hydrogen-bond donors (Lipinski definition) is 2. The quantitative estimate of drug-likeness (QED) is 0.759. The molecule has 0 aliphatic carbocycles. The molecule has 124 valence electrons. The monoisotopic (exact) mass is 326 g/mol. The number of carboxylic acid groups (broad SMARTS) is 2. The summed E-state index contributed by atoms with van der Waals surface area (Å²) in [7, 11) is 0. The largest absolute Gasteiger partial charge is 0.478 e. The van der Waals surface area contributed by atoms with Crippen molar-refractivity contribution in [2.45, 2.75) is 19.8 Å². The summed E-state index contributed by atoms with van der Waals surface area (Å²) in [5.41, 5.74) is 1.06. The van der Waals surface area contributed by atoms with Gasteiger partial charge in [-0.1, -0.05) is 43.3 Å². The molecule has 0 saturated carbocycles. The maximum Gasteiger partial charge on any atom is 0.336 e. The molecular weight excluding hydrogens is 308 g/mol. The Morgan fingerprint density at radius 2 is 1.33 bits per heavy atom. The predicted octanol–water partition coefficient (Wildman–Crippen LogP) is 3.53. The fourth-order valence-electron chi connectivity index (χ4n) is 2.69. The van der Waals surface area contributed by atoms with E-state index in [9.17, 15) is 19.5 Å². The summed E-state index contributed by atoms with van der Waals surface area (Å²) in [5.74, 6) is -2.50. The van der Waals surface area contributed by atoms with Crippen LogP contribution in [0.15, 0.2) is 48.5 Å². The fourth-order valence-corrected chi connectivity index (χ4v) is 2.69. The van der Waals surface area contributed by atoms with Gasteiger partial charge < -0.3 is 10.2 Å². The number of hydrogen-bond acceptors (Lipinski definition) is 3. The topological polar surface area (TPSA) is 91.7 Å². The van der Waals surface area contributed by atoms with E-state index in [2.05, 4.69) is 0 Å². The minimum atomic E-state index is -1.14. The first-order valence-corrected chi connectivity index (χ1v) is 7.57. The zero-order valence-electron chi connectivity index (χ0n) is 13.2. The van der Waals surface area contributed by atoms with Gasteiger partial charge in [0.15, 0.2) is 5.78 Å². The molecule has 1 unspecified atom stereocenters. The highest BCUT2D eigenvalue weighted by Gasteiger charge is 2.19. The highest BCUT2D eigenvalue weighted by molar-refractivity contribution is 6.05. The Kier molecular flexibility index (Phi) is 5.47. The molecule has 0 aliphatic heterocycles.